The Morgan fingerprint density at radius 3 is 2.53 bits per heavy atom. The summed E-state index contributed by atoms with van der Waals surface area (Å²) in [6.45, 7) is 5.27. The molecule has 1 amide bonds. The minimum absolute atomic E-state index is 0.204. The molecule has 0 aliphatic carbocycles. The van der Waals surface area contributed by atoms with Crippen molar-refractivity contribution in [2.24, 2.45) is 0 Å². The van der Waals surface area contributed by atoms with E-state index in [0.717, 1.165) is 13.0 Å². The summed E-state index contributed by atoms with van der Waals surface area (Å²) < 4.78 is 0. The molecule has 0 bridgehead atoms. The van der Waals surface area contributed by atoms with Gasteiger partial charge < -0.3 is 10.6 Å². The van der Waals surface area contributed by atoms with Crippen molar-refractivity contribution < 1.29 is 4.79 Å². The number of piperidine rings is 1. The highest BCUT2D eigenvalue weighted by Crippen LogP contribution is 2.09. The highest BCUT2D eigenvalue weighted by atomic mass is 16.1. The van der Waals surface area contributed by atoms with E-state index in [2.05, 4.69) is 24.5 Å². The van der Waals surface area contributed by atoms with Gasteiger partial charge >= 0.3 is 0 Å². The second kappa shape index (κ2) is 6.83. The molecule has 1 aliphatic heterocycles. The monoisotopic (exact) mass is 212 g/mol. The van der Waals surface area contributed by atoms with Crippen LogP contribution in [0.3, 0.4) is 0 Å². The normalized spacial score (nSPS) is 21.8. The van der Waals surface area contributed by atoms with Gasteiger partial charge in [-0.1, -0.05) is 26.7 Å². The molecule has 3 heteroatoms. The second-order valence-corrected chi connectivity index (χ2v) is 4.48. The van der Waals surface area contributed by atoms with Crippen molar-refractivity contribution in [3.05, 3.63) is 0 Å². The summed E-state index contributed by atoms with van der Waals surface area (Å²) in [7, 11) is 0. The molecule has 0 aromatic carbocycles. The highest BCUT2D eigenvalue weighted by molar-refractivity contribution is 5.76. The largest absolute Gasteiger partial charge is 0.355 e. The van der Waals surface area contributed by atoms with Crippen LogP contribution in [0.4, 0.5) is 0 Å². The number of amides is 1. The van der Waals surface area contributed by atoms with Crippen molar-refractivity contribution in [2.45, 2.75) is 64.5 Å². The average molecular weight is 212 g/mol. The Labute approximate surface area is 93.0 Å². The van der Waals surface area contributed by atoms with Crippen LogP contribution in [-0.2, 0) is 4.79 Å². The first-order valence-electron chi connectivity index (χ1n) is 6.29. The number of carbonyl (C=O) groups is 1. The maximum Gasteiger partial charge on any atom is 0.220 e. The van der Waals surface area contributed by atoms with E-state index in [-0.39, 0.29) is 5.91 Å². The van der Waals surface area contributed by atoms with Crippen LogP contribution in [0.25, 0.3) is 0 Å². The summed E-state index contributed by atoms with van der Waals surface area (Å²) in [6, 6.07) is 1.13. The first kappa shape index (κ1) is 12.5. The van der Waals surface area contributed by atoms with Crippen LogP contribution in [0.5, 0.6) is 0 Å². The van der Waals surface area contributed by atoms with Crippen LogP contribution in [0.1, 0.15) is 52.4 Å². The molecular formula is C12H24N2O. The number of hydrogen-bond donors (Lipinski definition) is 2. The molecule has 15 heavy (non-hydrogen) atoms. The van der Waals surface area contributed by atoms with Crippen molar-refractivity contribution in [1.82, 2.24) is 10.6 Å². The fourth-order valence-corrected chi connectivity index (χ4v) is 2.22. The van der Waals surface area contributed by atoms with Gasteiger partial charge in [0.15, 0.2) is 0 Å². The van der Waals surface area contributed by atoms with Gasteiger partial charge in [-0.05, 0) is 19.3 Å². The first-order valence-corrected chi connectivity index (χ1v) is 6.29. The topological polar surface area (TPSA) is 41.1 Å². The van der Waals surface area contributed by atoms with Crippen LogP contribution < -0.4 is 10.6 Å². The lowest BCUT2D eigenvalue weighted by molar-refractivity contribution is -0.122. The maximum absolute atomic E-state index is 11.0. The zero-order valence-electron chi connectivity index (χ0n) is 10.0. The Bertz CT molecular complexity index is 178. The molecule has 1 aliphatic rings. The van der Waals surface area contributed by atoms with E-state index in [1.165, 1.54) is 25.7 Å². The van der Waals surface area contributed by atoms with Crippen LogP contribution in [0, 0.1) is 0 Å². The van der Waals surface area contributed by atoms with E-state index in [1.54, 1.807) is 0 Å². The predicted molar refractivity (Wildman–Crippen MR) is 62.8 cm³/mol. The molecule has 0 aromatic heterocycles. The Morgan fingerprint density at radius 2 is 2.07 bits per heavy atom. The molecule has 1 atom stereocenters. The zero-order valence-corrected chi connectivity index (χ0v) is 10.0. The minimum atomic E-state index is 0.204. The summed E-state index contributed by atoms with van der Waals surface area (Å²) in [5.74, 6) is 0.204. The van der Waals surface area contributed by atoms with Gasteiger partial charge in [0.25, 0.3) is 0 Å². The number of rotatable bonds is 6. The second-order valence-electron chi connectivity index (χ2n) is 4.48. The van der Waals surface area contributed by atoms with Crippen molar-refractivity contribution in [3.63, 3.8) is 0 Å². The summed E-state index contributed by atoms with van der Waals surface area (Å²) in [5, 5.41) is 6.58. The quantitative estimate of drug-likeness (QED) is 0.705. The minimum Gasteiger partial charge on any atom is -0.355 e. The van der Waals surface area contributed by atoms with Crippen LogP contribution in [0.15, 0.2) is 0 Å². The Hall–Kier alpha value is -0.570. The first-order chi connectivity index (χ1) is 7.26. The molecule has 1 saturated heterocycles. The fraction of sp³-hybridized carbons (Fsp3) is 0.917. The number of carbonyl (C=O) groups excluding carboxylic acids is 1. The standard InChI is InChI=1S/C12H24N2O/c1-3-5-10(6-4-2)14-11-7-8-12(15)13-9-11/h10-11,14H,3-9H2,1-2H3,(H,13,15). The highest BCUT2D eigenvalue weighted by Gasteiger charge is 2.19. The van der Waals surface area contributed by atoms with Crippen molar-refractivity contribution in [2.75, 3.05) is 6.54 Å². The third-order valence-corrected chi connectivity index (χ3v) is 3.01. The molecule has 1 rings (SSSR count). The molecule has 0 radical (unpaired) electrons. The lowest BCUT2D eigenvalue weighted by atomic mass is 10.0. The van der Waals surface area contributed by atoms with Crippen LogP contribution >= 0.6 is 0 Å². The van der Waals surface area contributed by atoms with Gasteiger partial charge in [0.2, 0.25) is 5.91 Å². The molecule has 0 saturated carbocycles. The van der Waals surface area contributed by atoms with Crippen LogP contribution in [-0.4, -0.2) is 24.5 Å². The van der Waals surface area contributed by atoms with E-state index in [0.29, 0.717) is 18.5 Å². The Balaban J connectivity index is 2.27. The van der Waals surface area contributed by atoms with Crippen molar-refractivity contribution in [3.8, 4) is 0 Å². The van der Waals surface area contributed by atoms with E-state index < -0.39 is 0 Å². The van der Waals surface area contributed by atoms with Gasteiger partial charge in [-0.25, -0.2) is 0 Å². The maximum atomic E-state index is 11.0. The van der Waals surface area contributed by atoms with Gasteiger partial charge in [-0.2, -0.15) is 0 Å². The summed E-state index contributed by atoms with van der Waals surface area (Å²) >= 11 is 0. The molecule has 1 heterocycles. The smallest absolute Gasteiger partial charge is 0.220 e. The lowest BCUT2D eigenvalue weighted by Crippen LogP contribution is -2.49. The molecule has 1 fully saturated rings. The van der Waals surface area contributed by atoms with Gasteiger partial charge in [0.1, 0.15) is 0 Å². The van der Waals surface area contributed by atoms with Crippen molar-refractivity contribution in [1.29, 1.82) is 0 Å². The SMILES string of the molecule is CCCC(CCC)NC1CCC(=O)NC1. The average Bonchev–Trinajstić information content (AvgIpc) is 2.22. The van der Waals surface area contributed by atoms with Crippen LogP contribution in [0.2, 0.25) is 0 Å². The number of nitrogens with one attached hydrogen (secondary N) is 2. The van der Waals surface area contributed by atoms with E-state index in [9.17, 15) is 4.79 Å². The predicted octanol–water partition coefficient (Wildman–Crippen LogP) is 1.82. The van der Waals surface area contributed by atoms with Gasteiger partial charge in [0, 0.05) is 25.0 Å². The fourth-order valence-electron chi connectivity index (χ4n) is 2.22. The molecule has 0 spiro atoms. The van der Waals surface area contributed by atoms with Gasteiger partial charge in [-0.15, -0.1) is 0 Å². The summed E-state index contributed by atoms with van der Waals surface area (Å²) in [6.07, 6.45) is 6.64. The Morgan fingerprint density at radius 1 is 1.40 bits per heavy atom. The summed E-state index contributed by atoms with van der Waals surface area (Å²) in [5.41, 5.74) is 0. The van der Waals surface area contributed by atoms with E-state index in [4.69, 9.17) is 0 Å². The molecule has 3 nitrogen and oxygen atoms in total. The van der Waals surface area contributed by atoms with E-state index in [1.807, 2.05) is 0 Å². The zero-order chi connectivity index (χ0) is 11.1. The molecule has 2 N–H and O–H groups in total. The third kappa shape index (κ3) is 4.65. The molecular weight excluding hydrogens is 188 g/mol. The molecule has 1 unspecified atom stereocenters. The third-order valence-electron chi connectivity index (χ3n) is 3.01. The Kier molecular flexibility index (Phi) is 5.69. The summed E-state index contributed by atoms with van der Waals surface area (Å²) in [4.78, 5) is 11.0. The van der Waals surface area contributed by atoms with E-state index >= 15 is 0 Å². The van der Waals surface area contributed by atoms with Crippen molar-refractivity contribution >= 4 is 5.91 Å². The molecule has 88 valence electrons. The molecule has 0 aromatic rings. The van der Waals surface area contributed by atoms with Gasteiger partial charge in [-0.3, -0.25) is 4.79 Å². The van der Waals surface area contributed by atoms with Gasteiger partial charge in [0.05, 0.1) is 0 Å². The lowest BCUT2D eigenvalue weighted by Gasteiger charge is -2.28. The number of hydrogen-bond acceptors (Lipinski definition) is 2.